The molecule has 1 nitrogen and oxygen atoms in total. The zero-order valence-corrected chi connectivity index (χ0v) is 11.0. The van der Waals surface area contributed by atoms with Crippen LogP contribution < -0.4 is 0 Å². The summed E-state index contributed by atoms with van der Waals surface area (Å²) in [4.78, 5) is 0. The van der Waals surface area contributed by atoms with Gasteiger partial charge in [-0.2, -0.15) is 13.2 Å². The maximum atomic E-state index is 12.6. The van der Waals surface area contributed by atoms with Crippen molar-refractivity contribution in [2.45, 2.75) is 25.1 Å². The lowest BCUT2D eigenvalue weighted by Gasteiger charge is -2.27. The van der Waals surface area contributed by atoms with Gasteiger partial charge >= 0.3 is 6.18 Å². The molecule has 0 spiro atoms. The maximum absolute atomic E-state index is 12.6. The normalized spacial score (nSPS) is 14.8. The van der Waals surface area contributed by atoms with Gasteiger partial charge in [-0.1, -0.05) is 54.6 Å². The molecule has 0 radical (unpaired) electrons. The Morgan fingerprint density at radius 1 is 0.900 bits per heavy atom. The number of benzene rings is 2. The fourth-order valence-electron chi connectivity index (χ4n) is 2.31. The summed E-state index contributed by atoms with van der Waals surface area (Å²) < 4.78 is 37.8. The van der Waals surface area contributed by atoms with E-state index in [0.717, 1.165) is 5.56 Å². The van der Waals surface area contributed by atoms with Gasteiger partial charge in [0.1, 0.15) is 0 Å². The first-order chi connectivity index (χ1) is 9.30. The molecule has 1 N–H and O–H groups in total. The van der Waals surface area contributed by atoms with Crippen molar-refractivity contribution < 1.29 is 18.3 Å². The zero-order chi connectivity index (χ0) is 14.8. The Morgan fingerprint density at radius 3 is 2.05 bits per heavy atom. The monoisotopic (exact) mass is 280 g/mol. The second-order valence-electron chi connectivity index (χ2n) is 4.98. The Morgan fingerprint density at radius 2 is 1.45 bits per heavy atom. The van der Waals surface area contributed by atoms with Crippen molar-refractivity contribution in [2.75, 3.05) is 0 Å². The van der Waals surface area contributed by atoms with Crippen molar-refractivity contribution in [1.29, 1.82) is 0 Å². The average Bonchev–Trinajstić information content (AvgIpc) is 2.37. The van der Waals surface area contributed by atoms with E-state index in [9.17, 15) is 18.3 Å². The highest BCUT2D eigenvalue weighted by Gasteiger charge is 2.40. The first kappa shape index (κ1) is 14.6. The summed E-state index contributed by atoms with van der Waals surface area (Å²) in [6.45, 7) is 1.20. The third-order valence-corrected chi connectivity index (χ3v) is 3.14. The van der Waals surface area contributed by atoms with Gasteiger partial charge in [0.25, 0.3) is 0 Å². The molecule has 4 heteroatoms. The van der Waals surface area contributed by atoms with Crippen molar-refractivity contribution in [2.24, 2.45) is 0 Å². The molecule has 0 aliphatic rings. The molecular weight excluding hydrogens is 265 g/mol. The van der Waals surface area contributed by atoms with Crippen LogP contribution >= 0.6 is 0 Å². The van der Waals surface area contributed by atoms with E-state index in [0.29, 0.717) is 5.56 Å². The summed E-state index contributed by atoms with van der Waals surface area (Å²) in [5.74, 6) is 0. The van der Waals surface area contributed by atoms with Gasteiger partial charge in [0.05, 0.1) is 12.0 Å². The quantitative estimate of drug-likeness (QED) is 0.876. The first-order valence-corrected chi connectivity index (χ1v) is 6.24. The molecule has 2 rings (SSSR count). The van der Waals surface area contributed by atoms with E-state index in [-0.39, 0.29) is 5.56 Å². The lowest BCUT2D eigenvalue weighted by molar-refractivity contribution is -0.174. The highest BCUT2D eigenvalue weighted by Crippen LogP contribution is 2.38. The molecule has 0 bridgehead atoms. The molecule has 0 amide bonds. The molecule has 0 saturated heterocycles. The SMILES string of the molecule is CC(O)(CC(F)(F)F)c1ccccc1-c1ccccc1. The van der Waals surface area contributed by atoms with Gasteiger partial charge in [-0.05, 0) is 23.6 Å². The molecule has 2 aromatic rings. The molecule has 0 fully saturated rings. The summed E-state index contributed by atoms with van der Waals surface area (Å²) in [5.41, 5.74) is -0.276. The van der Waals surface area contributed by atoms with Gasteiger partial charge in [-0.3, -0.25) is 0 Å². The minimum atomic E-state index is -4.42. The predicted octanol–water partition coefficient (Wildman–Crippen LogP) is 4.51. The average molecular weight is 280 g/mol. The molecule has 0 heterocycles. The summed E-state index contributed by atoms with van der Waals surface area (Å²) in [6.07, 6.45) is -5.70. The van der Waals surface area contributed by atoms with Gasteiger partial charge in [-0.15, -0.1) is 0 Å². The lowest BCUT2D eigenvalue weighted by atomic mass is 9.86. The molecule has 20 heavy (non-hydrogen) atoms. The van der Waals surface area contributed by atoms with Gasteiger partial charge < -0.3 is 5.11 Å². The van der Waals surface area contributed by atoms with E-state index in [2.05, 4.69) is 0 Å². The van der Waals surface area contributed by atoms with Gasteiger partial charge in [-0.25, -0.2) is 0 Å². The molecule has 0 saturated carbocycles. The van der Waals surface area contributed by atoms with Crippen LogP contribution in [0.2, 0.25) is 0 Å². The van der Waals surface area contributed by atoms with Crippen LogP contribution in [-0.4, -0.2) is 11.3 Å². The van der Waals surface area contributed by atoms with E-state index < -0.39 is 18.2 Å². The van der Waals surface area contributed by atoms with Gasteiger partial charge in [0.15, 0.2) is 0 Å². The van der Waals surface area contributed by atoms with Crippen molar-refractivity contribution in [1.82, 2.24) is 0 Å². The van der Waals surface area contributed by atoms with Crippen LogP contribution in [-0.2, 0) is 5.60 Å². The fourth-order valence-corrected chi connectivity index (χ4v) is 2.31. The Bertz CT molecular complexity index is 574. The van der Waals surface area contributed by atoms with Crippen molar-refractivity contribution in [3.63, 3.8) is 0 Å². The van der Waals surface area contributed by atoms with Crippen LogP contribution in [0.15, 0.2) is 54.6 Å². The zero-order valence-electron chi connectivity index (χ0n) is 11.0. The molecule has 2 aromatic carbocycles. The number of aliphatic hydroxyl groups is 1. The fraction of sp³-hybridized carbons (Fsp3) is 0.250. The molecule has 0 aromatic heterocycles. The number of rotatable bonds is 3. The van der Waals surface area contributed by atoms with E-state index in [4.69, 9.17) is 0 Å². The third-order valence-electron chi connectivity index (χ3n) is 3.14. The highest BCUT2D eigenvalue weighted by atomic mass is 19.4. The van der Waals surface area contributed by atoms with Gasteiger partial charge in [0.2, 0.25) is 0 Å². The van der Waals surface area contributed by atoms with Crippen LogP contribution in [0.25, 0.3) is 11.1 Å². The van der Waals surface area contributed by atoms with E-state index >= 15 is 0 Å². The lowest BCUT2D eigenvalue weighted by Crippen LogP contribution is -2.29. The Hall–Kier alpha value is -1.81. The van der Waals surface area contributed by atoms with Crippen LogP contribution in [0.3, 0.4) is 0 Å². The number of halogens is 3. The number of alkyl halides is 3. The predicted molar refractivity (Wildman–Crippen MR) is 72.1 cm³/mol. The van der Waals surface area contributed by atoms with Gasteiger partial charge in [0, 0.05) is 0 Å². The van der Waals surface area contributed by atoms with Crippen LogP contribution in [0.4, 0.5) is 13.2 Å². The molecular formula is C16H15F3O. The minimum Gasteiger partial charge on any atom is -0.385 e. The van der Waals surface area contributed by atoms with E-state index in [1.807, 2.05) is 30.3 Å². The van der Waals surface area contributed by atoms with E-state index in [1.165, 1.54) is 13.0 Å². The Balaban J connectivity index is 2.48. The molecule has 106 valence electrons. The summed E-state index contributed by atoms with van der Waals surface area (Å²) in [6, 6.07) is 15.7. The number of hydrogen-bond donors (Lipinski definition) is 1. The van der Waals surface area contributed by atoms with Crippen molar-refractivity contribution in [3.8, 4) is 11.1 Å². The standard InChI is InChI=1S/C16H15F3O/c1-15(20,11-16(17,18)19)14-10-6-5-9-13(14)12-7-3-2-4-8-12/h2-10,20H,11H2,1H3. The van der Waals surface area contributed by atoms with Crippen LogP contribution in [0.5, 0.6) is 0 Å². The van der Waals surface area contributed by atoms with E-state index in [1.54, 1.807) is 18.2 Å². The second-order valence-corrected chi connectivity index (χ2v) is 4.98. The van der Waals surface area contributed by atoms with Crippen molar-refractivity contribution >= 4 is 0 Å². The summed E-state index contributed by atoms with van der Waals surface area (Å²) in [7, 11) is 0. The smallest absolute Gasteiger partial charge is 0.385 e. The van der Waals surface area contributed by atoms with Crippen LogP contribution in [0, 0.1) is 0 Å². The van der Waals surface area contributed by atoms with Crippen LogP contribution in [0.1, 0.15) is 18.9 Å². The topological polar surface area (TPSA) is 20.2 Å². The van der Waals surface area contributed by atoms with Crippen molar-refractivity contribution in [3.05, 3.63) is 60.2 Å². The second kappa shape index (κ2) is 5.29. The highest BCUT2D eigenvalue weighted by molar-refractivity contribution is 5.68. The largest absolute Gasteiger partial charge is 0.392 e. The molecule has 1 unspecified atom stereocenters. The molecule has 0 aliphatic carbocycles. The first-order valence-electron chi connectivity index (χ1n) is 6.24. The molecule has 0 aliphatic heterocycles. The molecule has 1 atom stereocenters. The minimum absolute atomic E-state index is 0.281. The Labute approximate surface area is 115 Å². The Kier molecular flexibility index (Phi) is 3.86. The maximum Gasteiger partial charge on any atom is 0.392 e. The summed E-state index contributed by atoms with van der Waals surface area (Å²) in [5, 5.41) is 10.2. The summed E-state index contributed by atoms with van der Waals surface area (Å²) >= 11 is 0. The third kappa shape index (κ3) is 3.39. The number of hydrogen-bond acceptors (Lipinski definition) is 1.